The number of fused-ring (bicyclic) bond motifs is 2. The van der Waals surface area contributed by atoms with Gasteiger partial charge in [0, 0.05) is 40.5 Å². The summed E-state index contributed by atoms with van der Waals surface area (Å²) in [6.07, 6.45) is 11.6. The standard InChI is InChI=1S/C28H23N3O.C23H18N2O3/c1-2-26(32)31-25-20-28(21-12-6-3-7-13-21,22-14-8-4-9-15-22)19-18-24(25)27(30-31)29-23-16-10-5-11-17-23;1-2-20(26)25-19-15-23(16-9-5-3-6-10-16,17-11-7-4-8-12-17)14-13-18(19)21(24-25)22(27)28/h2-19H,1,20H2,(H,29,30);2-14H,1,15H2,(H,27,28). The highest BCUT2D eigenvalue weighted by Gasteiger charge is 2.40. The van der Waals surface area contributed by atoms with Crippen molar-refractivity contribution in [2.45, 2.75) is 23.7 Å². The number of para-hydroxylation sites is 1. The van der Waals surface area contributed by atoms with Crippen LogP contribution < -0.4 is 5.32 Å². The number of benzene rings is 5. The molecule has 2 aliphatic carbocycles. The zero-order valence-electron chi connectivity index (χ0n) is 32.7. The summed E-state index contributed by atoms with van der Waals surface area (Å²) < 4.78 is 2.65. The number of carboxylic acid groups (broad SMARTS) is 1. The Kier molecular flexibility index (Phi) is 10.7. The molecule has 0 fully saturated rings. The van der Waals surface area contributed by atoms with Crippen molar-refractivity contribution < 1.29 is 19.5 Å². The van der Waals surface area contributed by atoms with Crippen LogP contribution in [0, 0.1) is 0 Å². The van der Waals surface area contributed by atoms with Gasteiger partial charge in [-0.25, -0.2) is 4.79 Å². The SMILES string of the molecule is C=CC(=O)n1nc(C(=O)O)c2c1CC(c1ccccc1)(c1ccccc1)C=C2.C=CC(=O)n1nc(Nc2ccccc2)c2c1CC(c1ccccc1)(c1ccccc1)C=C2. The lowest BCUT2D eigenvalue weighted by atomic mass is 9.68. The highest BCUT2D eigenvalue weighted by atomic mass is 16.4. The van der Waals surface area contributed by atoms with E-state index in [0.29, 0.717) is 29.9 Å². The van der Waals surface area contributed by atoms with E-state index in [2.05, 4.69) is 89.4 Å². The Labute approximate surface area is 348 Å². The molecule has 2 aromatic heterocycles. The Balaban J connectivity index is 0.000000168. The molecular formula is C51H41N5O4. The molecule has 0 radical (unpaired) electrons. The quantitative estimate of drug-likeness (QED) is 0.140. The van der Waals surface area contributed by atoms with Crippen molar-refractivity contribution in [1.82, 2.24) is 19.6 Å². The fourth-order valence-electron chi connectivity index (χ4n) is 8.23. The van der Waals surface area contributed by atoms with Gasteiger partial charge in [0.05, 0.1) is 11.4 Å². The van der Waals surface area contributed by atoms with Crippen LogP contribution in [-0.2, 0) is 23.7 Å². The molecule has 0 amide bonds. The first-order valence-corrected chi connectivity index (χ1v) is 19.5. The first-order chi connectivity index (χ1) is 29.3. The van der Waals surface area contributed by atoms with E-state index in [9.17, 15) is 19.5 Å². The van der Waals surface area contributed by atoms with E-state index >= 15 is 0 Å². The molecule has 9 heteroatoms. The van der Waals surface area contributed by atoms with Gasteiger partial charge < -0.3 is 10.4 Å². The van der Waals surface area contributed by atoms with Gasteiger partial charge >= 0.3 is 5.97 Å². The highest BCUT2D eigenvalue weighted by Crippen LogP contribution is 2.44. The van der Waals surface area contributed by atoms with Crippen LogP contribution >= 0.6 is 0 Å². The third-order valence-corrected chi connectivity index (χ3v) is 11.2. The van der Waals surface area contributed by atoms with Gasteiger partial charge in [0.2, 0.25) is 0 Å². The first-order valence-electron chi connectivity index (χ1n) is 19.5. The summed E-state index contributed by atoms with van der Waals surface area (Å²) in [5, 5.41) is 21.6. The molecule has 2 aliphatic rings. The minimum absolute atomic E-state index is 0.129. The van der Waals surface area contributed by atoms with Crippen molar-refractivity contribution in [2.75, 3.05) is 5.32 Å². The normalized spacial score (nSPS) is 14.1. The van der Waals surface area contributed by atoms with Gasteiger partial charge in [-0.15, -0.1) is 5.10 Å². The number of aromatic carboxylic acids is 1. The molecule has 9 rings (SSSR count). The molecule has 294 valence electrons. The number of anilines is 2. The monoisotopic (exact) mass is 787 g/mol. The number of aromatic nitrogens is 4. The summed E-state index contributed by atoms with van der Waals surface area (Å²) in [5.74, 6) is -1.20. The maximum Gasteiger partial charge on any atom is 0.357 e. The van der Waals surface area contributed by atoms with Crippen LogP contribution in [0.3, 0.4) is 0 Å². The van der Waals surface area contributed by atoms with Crippen LogP contribution in [0.1, 0.15) is 64.8 Å². The Morgan fingerprint density at radius 3 is 1.32 bits per heavy atom. The van der Waals surface area contributed by atoms with E-state index in [0.717, 1.165) is 38.8 Å². The molecule has 0 atom stereocenters. The van der Waals surface area contributed by atoms with Crippen LogP contribution in [0.25, 0.3) is 12.2 Å². The highest BCUT2D eigenvalue weighted by molar-refractivity contribution is 5.95. The van der Waals surface area contributed by atoms with Gasteiger partial charge in [-0.3, -0.25) is 9.59 Å². The third-order valence-electron chi connectivity index (χ3n) is 11.2. The average molecular weight is 788 g/mol. The number of carbonyl (C=O) groups excluding carboxylic acids is 2. The number of carbonyl (C=O) groups is 3. The van der Waals surface area contributed by atoms with Gasteiger partial charge in [-0.1, -0.05) is 177 Å². The number of hydrogen-bond donors (Lipinski definition) is 2. The molecule has 9 nitrogen and oxygen atoms in total. The molecule has 5 aromatic carbocycles. The lowest BCUT2D eigenvalue weighted by molar-refractivity contribution is 0.0689. The lowest BCUT2D eigenvalue weighted by Gasteiger charge is -2.35. The van der Waals surface area contributed by atoms with Crippen LogP contribution in [0.2, 0.25) is 0 Å². The van der Waals surface area contributed by atoms with E-state index in [1.54, 1.807) is 6.08 Å². The molecule has 0 spiro atoms. The Hall–Kier alpha value is -7.91. The van der Waals surface area contributed by atoms with Crippen molar-refractivity contribution in [3.8, 4) is 0 Å². The van der Waals surface area contributed by atoms with E-state index in [1.807, 2.05) is 109 Å². The number of allylic oxidation sites excluding steroid dienone is 4. The summed E-state index contributed by atoms with van der Waals surface area (Å²) in [7, 11) is 0. The molecule has 7 aromatic rings. The summed E-state index contributed by atoms with van der Waals surface area (Å²) >= 11 is 0. The van der Waals surface area contributed by atoms with Crippen LogP contribution in [0.5, 0.6) is 0 Å². The van der Waals surface area contributed by atoms with Crippen molar-refractivity contribution in [2.24, 2.45) is 0 Å². The fraction of sp³-hybridized carbons (Fsp3) is 0.0784. The van der Waals surface area contributed by atoms with E-state index in [-0.39, 0.29) is 11.6 Å². The van der Waals surface area contributed by atoms with Crippen LogP contribution in [0.4, 0.5) is 11.5 Å². The molecule has 2 heterocycles. The number of nitrogens with zero attached hydrogens (tertiary/aromatic N) is 4. The molecule has 0 unspecified atom stereocenters. The van der Waals surface area contributed by atoms with Gasteiger partial charge in [0.15, 0.2) is 11.5 Å². The molecule has 0 saturated carbocycles. The smallest absolute Gasteiger partial charge is 0.357 e. The molecular weight excluding hydrogens is 747 g/mol. The van der Waals surface area contributed by atoms with E-state index in [1.165, 1.54) is 21.9 Å². The first kappa shape index (κ1) is 38.9. The predicted molar refractivity (Wildman–Crippen MR) is 236 cm³/mol. The molecule has 0 aliphatic heterocycles. The van der Waals surface area contributed by atoms with Gasteiger partial charge in [0.25, 0.3) is 11.8 Å². The van der Waals surface area contributed by atoms with Crippen LogP contribution in [-0.4, -0.2) is 42.5 Å². The van der Waals surface area contributed by atoms with Gasteiger partial charge in [0.1, 0.15) is 0 Å². The van der Waals surface area contributed by atoms with Crippen molar-refractivity contribution in [3.05, 3.63) is 240 Å². The second-order valence-electron chi connectivity index (χ2n) is 14.5. The van der Waals surface area contributed by atoms with E-state index < -0.39 is 22.7 Å². The summed E-state index contributed by atoms with van der Waals surface area (Å²) in [6.45, 7) is 7.20. The summed E-state index contributed by atoms with van der Waals surface area (Å²) in [6, 6.07) is 50.6. The second-order valence-corrected chi connectivity index (χ2v) is 14.5. The molecule has 0 bridgehead atoms. The Bertz CT molecular complexity index is 2690. The third kappa shape index (κ3) is 7.13. The minimum Gasteiger partial charge on any atom is -0.476 e. The Morgan fingerprint density at radius 2 is 0.917 bits per heavy atom. The van der Waals surface area contributed by atoms with Crippen molar-refractivity contribution >= 4 is 41.4 Å². The summed E-state index contributed by atoms with van der Waals surface area (Å²) in [4.78, 5) is 36.8. The fourth-order valence-corrected chi connectivity index (χ4v) is 8.23. The number of nitrogens with one attached hydrogen (secondary N) is 1. The minimum atomic E-state index is -1.16. The van der Waals surface area contributed by atoms with Crippen LogP contribution in [0.15, 0.2) is 189 Å². The topological polar surface area (TPSA) is 119 Å². The maximum absolute atomic E-state index is 12.8. The van der Waals surface area contributed by atoms with Crippen molar-refractivity contribution in [3.63, 3.8) is 0 Å². The number of hydrogen-bond acceptors (Lipinski definition) is 6. The maximum atomic E-state index is 12.8. The summed E-state index contributed by atoms with van der Waals surface area (Å²) in [5.41, 5.74) is 7.12. The van der Waals surface area contributed by atoms with Gasteiger partial charge in [-0.2, -0.15) is 14.5 Å². The van der Waals surface area contributed by atoms with Crippen molar-refractivity contribution in [1.29, 1.82) is 0 Å². The largest absolute Gasteiger partial charge is 0.476 e. The number of carboxylic acids is 1. The average Bonchev–Trinajstić information content (AvgIpc) is 3.88. The lowest BCUT2D eigenvalue weighted by Crippen LogP contribution is -2.32. The molecule has 60 heavy (non-hydrogen) atoms. The molecule has 2 N–H and O–H groups in total. The number of rotatable bonds is 9. The van der Waals surface area contributed by atoms with Gasteiger partial charge in [-0.05, 0) is 46.5 Å². The Morgan fingerprint density at radius 1 is 0.550 bits per heavy atom. The second kappa shape index (κ2) is 16.5. The van der Waals surface area contributed by atoms with E-state index in [4.69, 9.17) is 0 Å². The predicted octanol–water partition coefficient (Wildman–Crippen LogP) is 9.97. The zero-order chi connectivity index (χ0) is 41.7. The molecule has 0 saturated heterocycles. The zero-order valence-corrected chi connectivity index (χ0v) is 32.7.